The third-order valence-electron chi connectivity index (χ3n) is 4.10. The molecule has 4 rings (SSSR count). The van der Waals surface area contributed by atoms with E-state index in [1.165, 1.54) is 0 Å². The molecular formula is C18H20Cl3N12O4+. The Balaban J connectivity index is 0.000000215. The van der Waals surface area contributed by atoms with Crippen LogP contribution in [0.2, 0.25) is 15.7 Å². The van der Waals surface area contributed by atoms with Crippen molar-refractivity contribution >= 4 is 70.1 Å². The fourth-order valence-corrected chi connectivity index (χ4v) is 2.91. The number of hydrogen-bond acceptors (Lipinski definition) is 12. The van der Waals surface area contributed by atoms with Gasteiger partial charge < -0.3 is 11.1 Å². The fourth-order valence-electron chi connectivity index (χ4n) is 2.40. The number of nitrogens with two attached hydrogens (primary N) is 1. The smallest absolute Gasteiger partial charge is 0.329 e. The normalized spacial score (nSPS) is 13.6. The van der Waals surface area contributed by atoms with Gasteiger partial charge in [0, 0.05) is 12.7 Å². The van der Waals surface area contributed by atoms with E-state index in [0.29, 0.717) is 12.2 Å². The van der Waals surface area contributed by atoms with Crippen LogP contribution in [0.25, 0.3) is 0 Å². The molecule has 16 nitrogen and oxygen atoms in total. The Kier molecular flexibility index (Phi) is 11.1. The van der Waals surface area contributed by atoms with Gasteiger partial charge in [0.05, 0.1) is 27.9 Å². The predicted octanol–water partition coefficient (Wildman–Crippen LogP) is 3.11. The molecule has 0 spiro atoms. The predicted molar refractivity (Wildman–Crippen MR) is 137 cm³/mol. The molecule has 0 radical (unpaired) electrons. The lowest BCUT2D eigenvalue weighted by molar-refractivity contribution is -0.522. The Morgan fingerprint density at radius 1 is 1.05 bits per heavy atom. The molecule has 37 heavy (non-hydrogen) atoms. The molecule has 3 aromatic rings. The first-order valence-corrected chi connectivity index (χ1v) is 11.4. The molecule has 0 saturated carbocycles. The van der Waals surface area contributed by atoms with Crippen molar-refractivity contribution in [2.45, 2.75) is 26.4 Å². The molecular weight excluding hydrogens is 555 g/mol. The van der Waals surface area contributed by atoms with Crippen molar-refractivity contribution in [3.05, 3.63) is 60.7 Å². The van der Waals surface area contributed by atoms with Gasteiger partial charge in [-0.1, -0.05) is 16.3 Å². The summed E-state index contributed by atoms with van der Waals surface area (Å²) in [7, 11) is 0. The molecule has 1 atom stereocenters. The Bertz CT molecular complexity index is 1320. The van der Waals surface area contributed by atoms with Crippen molar-refractivity contribution in [3.63, 3.8) is 0 Å². The summed E-state index contributed by atoms with van der Waals surface area (Å²) in [6.07, 6.45) is 8.88. The second-order valence-corrected chi connectivity index (χ2v) is 7.69. The summed E-state index contributed by atoms with van der Waals surface area (Å²) in [5.41, 5.74) is 5.45. The summed E-state index contributed by atoms with van der Waals surface area (Å²) < 4.78 is 3.50. The summed E-state index contributed by atoms with van der Waals surface area (Å²) in [6, 6.07) is 0.0370. The van der Waals surface area contributed by atoms with Crippen molar-refractivity contribution < 1.29 is 14.5 Å². The van der Waals surface area contributed by atoms with Gasteiger partial charge in [-0.15, -0.1) is 0 Å². The van der Waals surface area contributed by atoms with Gasteiger partial charge in [0.2, 0.25) is 21.5 Å². The zero-order chi connectivity index (χ0) is 27.5. The molecule has 19 heteroatoms. The highest BCUT2D eigenvalue weighted by molar-refractivity contribution is 6.33. The number of nitrogens with one attached hydrogen (secondary N) is 1. The van der Waals surface area contributed by atoms with Crippen LogP contribution in [-0.2, 0) is 6.54 Å². The molecule has 196 valence electrons. The maximum Gasteiger partial charge on any atom is 0.329 e. The summed E-state index contributed by atoms with van der Waals surface area (Å²) in [5, 5.41) is 31.3. The van der Waals surface area contributed by atoms with Gasteiger partial charge in [-0.2, -0.15) is 15.1 Å². The first-order valence-electron chi connectivity index (χ1n) is 10.2. The van der Waals surface area contributed by atoms with Gasteiger partial charge in [-0.05, 0) is 42.2 Å². The van der Waals surface area contributed by atoms with Crippen LogP contribution in [0.15, 0.2) is 29.9 Å². The number of aromatic nitrogens is 6. The number of hydrogen-bond donors (Lipinski definition) is 2. The summed E-state index contributed by atoms with van der Waals surface area (Å²) in [6.45, 7) is 5.57. The first-order chi connectivity index (χ1) is 17.5. The summed E-state index contributed by atoms with van der Waals surface area (Å²) in [5.74, 6) is 0.0376. The van der Waals surface area contributed by atoms with Crippen LogP contribution in [0.3, 0.4) is 0 Å². The van der Waals surface area contributed by atoms with Crippen LogP contribution < -0.4 is 11.1 Å². The lowest BCUT2D eigenvalue weighted by Gasteiger charge is -2.03. The van der Waals surface area contributed by atoms with Crippen molar-refractivity contribution in [1.82, 2.24) is 29.7 Å². The zero-order valence-corrected chi connectivity index (χ0v) is 21.5. The Morgan fingerprint density at radius 2 is 1.68 bits per heavy atom. The maximum absolute atomic E-state index is 10.8. The Labute approximate surface area is 224 Å². The van der Waals surface area contributed by atoms with Crippen LogP contribution in [0.5, 0.6) is 0 Å². The van der Waals surface area contributed by atoms with Crippen molar-refractivity contribution in [1.29, 1.82) is 0 Å². The van der Waals surface area contributed by atoms with E-state index >= 15 is 0 Å². The zero-order valence-electron chi connectivity index (χ0n) is 19.3. The van der Waals surface area contributed by atoms with Gasteiger partial charge in [0.25, 0.3) is 0 Å². The second kappa shape index (κ2) is 14.0. The first kappa shape index (κ1) is 29.4. The van der Waals surface area contributed by atoms with E-state index in [9.17, 15) is 20.2 Å². The Morgan fingerprint density at radius 3 is 2.14 bits per heavy atom. The summed E-state index contributed by atoms with van der Waals surface area (Å²) in [4.78, 5) is 33.8. The minimum Gasteiger partial charge on any atom is -0.332 e. The quantitative estimate of drug-likeness (QED) is 0.144. The molecule has 1 aliphatic heterocycles. The highest BCUT2D eigenvalue weighted by Crippen LogP contribution is 2.25. The van der Waals surface area contributed by atoms with E-state index in [-0.39, 0.29) is 39.0 Å². The highest BCUT2D eigenvalue weighted by atomic mass is 35.5. The molecule has 3 N–H and O–H groups in total. The molecule has 0 fully saturated rings. The number of rotatable bonds is 6. The van der Waals surface area contributed by atoms with Gasteiger partial charge >= 0.3 is 11.4 Å². The molecule has 1 unspecified atom stereocenters. The SMILES string of the molecule is CC[N+]1=CC(N)C=N1.CCn1cc(Nc2nc(Cl)ncc2[N+](=O)[O-])cn1.O=[N+]([O-])c1cnc(Cl)nc1Cl. The topological polar surface area (TPSA) is 209 Å². The Hall–Kier alpha value is -3.86. The van der Waals surface area contributed by atoms with Crippen LogP contribution in [0.4, 0.5) is 22.9 Å². The van der Waals surface area contributed by atoms with E-state index in [2.05, 4.69) is 35.5 Å². The van der Waals surface area contributed by atoms with E-state index in [4.69, 9.17) is 40.5 Å². The van der Waals surface area contributed by atoms with E-state index < -0.39 is 9.85 Å². The van der Waals surface area contributed by atoms with Gasteiger partial charge in [0.15, 0.2) is 12.8 Å². The molecule has 0 aromatic carbocycles. The molecule has 0 aliphatic carbocycles. The number of hydrazone groups is 1. The molecule has 0 amide bonds. The maximum atomic E-state index is 10.8. The number of nitro groups is 2. The lowest BCUT2D eigenvalue weighted by atomic mass is 10.4. The fraction of sp³-hybridized carbons (Fsp3) is 0.278. The lowest BCUT2D eigenvalue weighted by Crippen LogP contribution is -2.21. The van der Waals surface area contributed by atoms with Crippen LogP contribution >= 0.6 is 34.8 Å². The van der Waals surface area contributed by atoms with Crippen molar-refractivity contribution in [3.8, 4) is 0 Å². The average molecular weight is 575 g/mol. The number of halogens is 3. The third kappa shape index (κ3) is 9.26. The molecule has 0 bridgehead atoms. The number of aryl methyl sites for hydroxylation is 1. The highest BCUT2D eigenvalue weighted by Gasteiger charge is 2.17. The number of anilines is 2. The van der Waals surface area contributed by atoms with E-state index in [1.807, 2.05) is 24.7 Å². The van der Waals surface area contributed by atoms with E-state index in [1.54, 1.807) is 23.3 Å². The minimum atomic E-state index is -0.682. The minimum absolute atomic E-state index is 0.0370. The molecule has 0 saturated heterocycles. The average Bonchev–Trinajstić information content (AvgIpc) is 3.48. The van der Waals surface area contributed by atoms with Crippen LogP contribution in [0, 0.1) is 20.2 Å². The van der Waals surface area contributed by atoms with Crippen LogP contribution in [0.1, 0.15) is 13.8 Å². The van der Waals surface area contributed by atoms with Gasteiger partial charge in [0.1, 0.15) is 18.4 Å². The monoisotopic (exact) mass is 573 g/mol. The van der Waals surface area contributed by atoms with Crippen LogP contribution in [-0.4, -0.2) is 69.3 Å². The van der Waals surface area contributed by atoms with Crippen molar-refractivity contribution in [2.24, 2.45) is 10.8 Å². The molecule has 4 heterocycles. The third-order valence-corrected chi connectivity index (χ3v) is 4.75. The van der Waals surface area contributed by atoms with Gasteiger partial charge in [-0.25, -0.2) is 9.97 Å². The molecule has 3 aromatic heterocycles. The largest absolute Gasteiger partial charge is 0.332 e. The van der Waals surface area contributed by atoms with Gasteiger partial charge in [-0.3, -0.25) is 24.9 Å². The standard InChI is InChI=1S/C9H9ClN6O2.C5H10N3.C4HCl2N3O2/c1-2-15-5-6(3-12-15)13-8-7(16(17)18)4-11-9(10)14-8;1-2-8-4-5(6)3-7-8;5-3-2(9(10)11)1-7-4(6)8-3/h3-5H,2H2,1H3,(H,11,13,14);3-5H,2,6H2,1H3;1H/q;+1;. The van der Waals surface area contributed by atoms with E-state index in [0.717, 1.165) is 18.9 Å². The second-order valence-electron chi connectivity index (χ2n) is 6.66. The summed E-state index contributed by atoms with van der Waals surface area (Å²) >= 11 is 16.3. The molecule has 1 aliphatic rings. The number of nitrogens with zero attached hydrogens (tertiary/aromatic N) is 10. The van der Waals surface area contributed by atoms with Crippen molar-refractivity contribution in [2.75, 3.05) is 11.9 Å².